The molecule has 2 nitrogen and oxygen atoms in total. The summed E-state index contributed by atoms with van der Waals surface area (Å²) in [5, 5.41) is 10.5. The highest BCUT2D eigenvalue weighted by Crippen LogP contribution is 2.34. The highest BCUT2D eigenvalue weighted by Gasteiger charge is 2.38. The zero-order chi connectivity index (χ0) is 11.8. The molecule has 0 atom stereocenters. The molecular weight excluding hydrogens is 198 g/mol. The summed E-state index contributed by atoms with van der Waals surface area (Å²) in [5.41, 5.74) is -0.367. The molecule has 0 unspecified atom stereocenters. The van der Waals surface area contributed by atoms with Crippen LogP contribution in [0.2, 0.25) is 0 Å². The third kappa shape index (κ3) is 2.78. The van der Waals surface area contributed by atoms with Crippen molar-refractivity contribution in [1.82, 2.24) is 4.90 Å². The fourth-order valence-electron chi connectivity index (χ4n) is 3.03. The van der Waals surface area contributed by atoms with Gasteiger partial charge in [-0.25, -0.2) is 0 Å². The highest BCUT2D eigenvalue weighted by atomic mass is 16.3. The first-order valence-corrected chi connectivity index (χ1v) is 6.93. The van der Waals surface area contributed by atoms with Crippen LogP contribution in [0.4, 0.5) is 0 Å². The smallest absolute Gasteiger partial charge is 0.0774 e. The Morgan fingerprint density at radius 1 is 1.25 bits per heavy atom. The number of nitrogens with zero attached hydrogens (tertiary/aromatic N) is 1. The van der Waals surface area contributed by atoms with Crippen LogP contribution in [0.5, 0.6) is 0 Å². The Labute approximate surface area is 100 Å². The monoisotopic (exact) mass is 225 g/mol. The molecule has 0 aromatic carbocycles. The van der Waals surface area contributed by atoms with E-state index in [2.05, 4.69) is 25.7 Å². The third-order valence-electron chi connectivity index (χ3n) is 4.65. The zero-order valence-corrected chi connectivity index (χ0v) is 11.1. The molecule has 16 heavy (non-hydrogen) atoms. The van der Waals surface area contributed by atoms with Gasteiger partial charge in [-0.15, -0.1) is 0 Å². The fraction of sp³-hybridized carbons (Fsp3) is 1.00. The molecule has 1 saturated heterocycles. The molecule has 0 bridgehead atoms. The molecule has 2 rings (SSSR count). The maximum atomic E-state index is 10.5. The number of hydrogen-bond acceptors (Lipinski definition) is 2. The topological polar surface area (TPSA) is 23.5 Å². The predicted octanol–water partition coefficient (Wildman–Crippen LogP) is 2.52. The molecule has 94 valence electrons. The normalized spacial score (nSPS) is 37.7. The first-order chi connectivity index (χ1) is 7.48. The van der Waals surface area contributed by atoms with Crippen LogP contribution in [0, 0.1) is 17.8 Å². The molecule has 0 amide bonds. The molecule has 2 fully saturated rings. The minimum absolute atomic E-state index is 0.367. The van der Waals surface area contributed by atoms with Crippen LogP contribution in [-0.2, 0) is 0 Å². The van der Waals surface area contributed by atoms with Gasteiger partial charge in [0.25, 0.3) is 0 Å². The van der Waals surface area contributed by atoms with E-state index in [1.807, 2.05) is 0 Å². The van der Waals surface area contributed by atoms with Crippen LogP contribution in [-0.4, -0.2) is 35.2 Å². The van der Waals surface area contributed by atoms with Gasteiger partial charge >= 0.3 is 0 Å². The summed E-state index contributed by atoms with van der Waals surface area (Å²) in [7, 11) is 0. The molecule has 2 aliphatic rings. The largest absolute Gasteiger partial charge is 0.389 e. The van der Waals surface area contributed by atoms with E-state index in [9.17, 15) is 5.11 Å². The van der Waals surface area contributed by atoms with Crippen LogP contribution in [0.15, 0.2) is 0 Å². The Hall–Kier alpha value is -0.0800. The average molecular weight is 225 g/mol. The number of aliphatic hydroxyl groups is 1. The number of likely N-dealkylation sites (tertiary alicyclic amines) is 1. The Bertz CT molecular complexity index is 225. The van der Waals surface area contributed by atoms with Gasteiger partial charge in [-0.05, 0) is 43.4 Å². The van der Waals surface area contributed by atoms with Gasteiger partial charge in [0, 0.05) is 19.6 Å². The van der Waals surface area contributed by atoms with Gasteiger partial charge in [0.2, 0.25) is 0 Å². The van der Waals surface area contributed by atoms with Gasteiger partial charge < -0.3 is 5.11 Å². The summed E-state index contributed by atoms with van der Waals surface area (Å²) >= 11 is 0. The lowest BCUT2D eigenvalue weighted by atomic mass is 9.78. The van der Waals surface area contributed by atoms with Gasteiger partial charge in [-0.3, -0.25) is 4.90 Å². The molecule has 1 saturated carbocycles. The Balaban J connectivity index is 1.74. The summed E-state index contributed by atoms with van der Waals surface area (Å²) < 4.78 is 0. The van der Waals surface area contributed by atoms with Crippen molar-refractivity contribution in [2.24, 2.45) is 17.8 Å². The first kappa shape index (κ1) is 12.4. The van der Waals surface area contributed by atoms with Crippen molar-refractivity contribution in [2.75, 3.05) is 19.6 Å². The van der Waals surface area contributed by atoms with Gasteiger partial charge in [0.1, 0.15) is 0 Å². The minimum atomic E-state index is -0.367. The Kier molecular flexibility index (Phi) is 3.60. The maximum Gasteiger partial charge on any atom is 0.0774 e. The summed E-state index contributed by atoms with van der Waals surface area (Å²) in [5.74, 6) is 2.49. The highest BCUT2D eigenvalue weighted by molar-refractivity contribution is 4.91. The summed E-state index contributed by atoms with van der Waals surface area (Å²) in [6.45, 7) is 10.2. The number of rotatable bonds is 3. The molecule has 0 spiro atoms. The van der Waals surface area contributed by atoms with E-state index < -0.39 is 0 Å². The molecule has 1 aliphatic heterocycles. The van der Waals surface area contributed by atoms with Crippen molar-refractivity contribution in [2.45, 2.75) is 52.1 Å². The lowest BCUT2D eigenvalue weighted by Crippen LogP contribution is -2.55. The first-order valence-electron chi connectivity index (χ1n) is 6.93. The fourth-order valence-corrected chi connectivity index (χ4v) is 3.03. The Morgan fingerprint density at radius 2 is 1.81 bits per heavy atom. The van der Waals surface area contributed by atoms with Crippen LogP contribution >= 0.6 is 0 Å². The van der Waals surface area contributed by atoms with Crippen LogP contribution in [0.25, 0.3) is 0 Å². The second kappa shape index (κ2) is 4.66. The van der Waals surface area contributed by atoms with Crippen molar-refractivity contribution >= 4 is 0 Å². The van der Waals surface area contributed by atoms with Crippen molar-refractivity contribution < 1.29 is 5.11 Å². The SMILES string of the molecule is CC1CCC(O)(CN2CC(C(C)C)C2)CC1. The van der Waals surface area contributed by atoms with Crippen LogP contribution in [0.1, 0.15) is 46.5 Å². The van der Waals surface area contributed by atoms with Gasteiger partial charge in [-0.1, -0.05) is 20.8 Å². The van der Waals surface area contributed by atoms with E-state index >= 15 is 0 Å². The van der Waals surface area contributed by atoms with E-state index in [0.29, 0.717) is 0 Å². The number of hydrogen-bond donors (Lipinski definition) is 1. The quantitative estimate of drug-likeness (QED) is 0.798. The molecule has 0 aromatic heterocycles. The second-order valence-electron chi connectivity index (χ2n) is 6.61. The standard InChI is InChI=1S/C14H27NO/c1-11(2)13-8-15(9-13)10-14(16)6-4-12(3)5-7-14/h11-13,16H,4-10H2,1-3H3. The maximum absolute atomic E-state index is 10.5. The summed E-state index contributed by atoms with van der Waals surface area (Å²) in [4.78, 5) is 2.45. The van der Waals surface area contributed by atoms with Crippen LogP contribution in [0.3, 0.4) is 0 Å². The molecule has 1 heterocycles. The van der Waals surface area contributed by atoms with E-state index in [1.54, 1.807) is 0 Å². The lowest BCUT2D eigenvalue weighted by molar-refractivity contribution is -0.0652. The van der Waals surface area contributed by atoms with Crippen molar-refractivity contribution in [1.29, 1.82) is 0 Å². The van der Waals surface area contributed by atoms with Gasteiger partial charge in [0.05, 0.1) is 5.60 Å². The molecule has 0 aromatic rings. The minimum Gasteiger partial charge on any atom is -0.389 e. The predicted molar refractivity (Wildman–Crippen MR) is 67.3 cm³/mol. The van der Waals surface area contributed by atoms with Crippen molar-refractivity contribution in [3.05, 3.63) is 0 Å². The van der Waals surface area contributed by atoms with Crippen molar-refractivity contribution in [3.63, 3.8) is 0 Å². The molecule has 0 radical (unpaired) electrons. The van der Waals surface area contributed by atoms with E-state index in [1.165, 1.54) is 25.9 Å². The Morgan fingerprint density at radius 3 is 2.31 bits per heavy atom. The second-order valence-corrected chi connectivity index (χ2v) is 6.61. The summed E-state index contributed by atoms with van der Waals surface area (Å²) in [6.07, 6.45) is 4.43. The molecule has 1 N–H and O–H groups in total. The number of β-amino-alcohol motifs (C(OH)–C–C–N with tert-alkyl or cyclic N) is 1. The van der Waals surface area contributed by atoms with E-state index in [4.69, 9.17) is 0 Å². The van der Waals surface area contributed by atoms with Crippen LogP contribution < -0.4 is 0 Å². The third-order valence-corrected chi connectivity index (χ3v) is 4.65. The van der Waals surface area contributed by atoms with E-state index in [-0.39, 0.29) is 5.60 Å². The van der Waals surface area contributed by atoms with E-state index in [0.717, 1.165) is 37.1 Å². The molecule has 2 heteroatoms. The van der Waals surface area contributed by atoms with Gasteiger partial charge in [-0.2, -0.15) is 0 Å². The molecule has 1 aliphatic carbocycles. The van der Waals surface area contributed by atoms with Gasteiger partial charge in [0.15, 0.2) is 0 Å². The van der Waals surface area contributed by atoms with Crippen molar-refractivity contribution in [3.8, 4) is 0 Å². The molecular formula is C14H27NO. The lowest BCUT2D eigenvalue weighted by Gasteiger charge is -2.47. The average Bonchev–Trinajstić information content (AvgIpc) is 2.16. The summed E-state index contributed by atoms with van der Waals surface area (Å²) in [6, 6.07) is 0. The zero-order valence-electron chi connectivity index (χ0n) is 11.1.